The van der Waals surface area contributed by atoms with Gasteiger partial charge in [0.2, 0.25) is 0 Å². The molecule has 0 heterocycles. The van der Waals surface area contributed by atoms with Gasteiger partial charge in [0.15, 0.2) is 0 Å². The summed E-state index contributed by atoms with van der Waals surface area (Å²) in [5.41, 5.74) is 1.25. The Kier molecular flexibility index (Phi) is 20.6. The second-order valence-electron chi connectivity index (χ2n) is 5.28. The SMILES string of the molecule is [2H][C-]=O.[CH2-]CN(C=Cc1ccccc1)CCCCC[Si](C)C.[NH2-].[Pt]. The molecule has 0 bridgehead atoms. The normalized spacial score (nSPS) is 10.0. The Hall–Kier alpha value is -0.705. The maximum atomic E-state index is 8.35. The Morgan fingerprint density at radius 2 is 1.87 bits per heavy atom. The molecule has 0 spiro atoms. The second-order valence-corrected chi connectivity index (χ2v) is 8.19. The van der Waals surface area contributed by atoms with Crippen molar-refractivity contribution in [2.45, 2.75) is 38.4 Å². The molecular formula is C18H30N2OPtSi-3. The number of benzene rings is 1. The summed E-state index contributed by atoms with van der Waals surface area (Å²) in [7, 11) is -0.0262. The van der Waals surface area contributed by atoms with E-state index in [1.54, 1.807) is 0 Å². The Morgan fingerprint density at radius 3 is 2.39 bits per heavy atom. The maximum Gasteiger partial charge on any atom is 0.0412 e. The van der Waals surface area contributed by atoms with E-state index >= 15 is 0 Å². The largest absolute Gasteiger partial charge is 0.693 e. The quantitative estimate of drug-likeness (QED) is 0.198. The van der Waals surface area contributed by atoms with Gasteiger partial charge in [0, 0.05) is 36.4 Å². The minimum atomic E-state index is -0.0262. The fourth-order valence-electron chi connectivity index (χ4n) is 1.99. The van der Waals surface area contributed by atoms with E-state index in [9.17, 15) is 0 Å². The van der Waals surface area contributed by atoms with Crippen LogP contribution in [-0.2, 0) is 25.9 Å². The Bertz CT molecular complexity index is 405. The summed E-state index contributed by atoms with van der Waals surface area (Å²) in [6, 6.07) is 11.9. The second kappa shape index (κ2) is 19.3. The van der Waals surface area contributed by atoms with E-state index in [-0.39, 0.29) is 36.0 Å². The molecule has 0 aliphatic carbocycles. The molecule has 2 N–H and O–H groups in total. The van der Waals surface area contributed by atoms with Crippen LogP contribution in [0, 0.1) is 6.92 Å². The third-order valence-electron chi connectivity index (χ3n) is 3.19. The molecule has 135 valence electrons. The number of nitrogens with two attached hydrogens (primary N) is 1. The molecule has 0 saturated heterocycles. The first-order chi connectivity index (χ1) is 10.6. The number of hydrogen-bond donors (Lipinski definition) is 0. The summed E-state index contributed by atoms with van der Waals surface area (Å²) in [5.74, 6) is 0. The predicted molar refractivity (Wildman–Crippen MR) is 101 cm³/mol. The van der Waals surface area contributed by atoms with Gasteiger partial charge in [0.05, 0.1) is 0 Å². The molecule has 1 aromatic rings. The summed E-state index contributed by atoms with van der Waals surface area (Å²) in [6.07, 6.45) is 8.38. The summed E-state index contributed by atoms with van der Waals surface area (Å²) in [5, 5.41) is 0. The average molecular weight is 515 g/mol. The monoisotopic (exact) mass is 514 g/mol. The number of hydrogen-bond acceptors (Lipinski definition) is 2. The fraction of sp³-hybridized carbons (Fsp3) is 0.444. The van der Waals surface area contributed by atoms with Crippen LogP contribution in [-0.4, -0.2) is 33.6 Å². The van der Waals surface area contributed by atoms with Gasteiger partial charge in [-0.25, -0.2) is 0 Å². The van der Waals surface area contributed by atoms with Crippen LogP contribution in [0.1, 0.15) is 26.2 Å². The van der Waals surface area contributed by atoms with Crippen molar-refractivity contribution in [2.75, 3.05) is 13.1 Å². The van der Waals surface area contributed by atoms with Gasteiger partial charge in [-0.2, -0.15) is 1.37 Å². The molecule has 5 heteroatoms. The number of unbranched alkanes of at least 4 members (excludes halogenated alkanes) is 2. The summed E-state index contributed by atoms with van der Waals surface area (Å²) >= 11 is 0. The number of rotatable bonds is 9. The van der Waals surface area contributed by atoms with Crippen LogP contribution >= 0.6 is 0 Å². The summed E-state index contributed by atoms with van der Waals surface area (Å²) in [6.45, 7) is 11.5. The summed E-state index contributed by atoms with van der Waals surface area (Å²) < 4.78 is 5.40. The first-order valence-electron chi connectivity index (χ1n) is 7.98. The zero-order valence-corrected chi connectivity index (χ0v) is 17.5. The molecule has 1 radical (unpaired) electrons. The predicted octanol–water partition coefficient (Wildman–Crippen LogP) is 5.16. The smallest absolute Gasteiger partial charge is 0.0412 e. The molecular weight excluding hydrogens is 483 g/mol. The Labute approximate surface area is 160 Å². The van der Waals surface area contributed by atoms with Gasteiger partial charge in [-0.05, 0) is 24.3 Å². The van der Waals surface area contributed by atoms with Gasteiger partial charge in [0.1, 0.15) is 0 Å². The molecule has 0 aromatic heterocycles. The zero-order valence-electron chi connectivity index (χ0n) is 15.2. The van der Waals surface area contributed by atoms with Crippen LogP contribution in [0.4, 0.5) is 0 Å². The molecule has 1 rings (SSSR count). The molecule has 23 heavy (non-hydrogen) atoms. The minimum absolute atomic E-state index is 0. The molecule has 0 atom stereocenters. The van der Waals surface area contributed by atoms with Crippen LogP contribution in [0.15, 0.2) is 36.5 Å². The molecule has 0 aliphatic heterocycles. The number of carbonyl (C=O) groups excluding carboxylic acids is 1. The maximum absolute atomic E-state index is 8.35. The van der Waals surface area contributed by atoms with Crippen LogP contribution < -0.4 is 0 Å². The van der Waals surface area contributed by atoms with E-state index < -0.39 is 0 Å². The van der Waals surface area contributed by atoms with E-state index in [2.05, 4.69) is 61.5 Å². The first-order valence-corrected chi connectivity index (χ1v) is 10.2. The molecule has 0 aliphatic rings. The zero-order chi connectivity index (χ0) is 16.6. The van der Waals surface area contributed by atoms with Crippen LogP contribution in [0.2, 0.25) is 19.1 Å². The summed E-state index contributed by atoms with van der Waals surface area (Å²) in [4.78, 5) is 10.6. The average Bonchev–Trinajstić information content (AvgIpc) is 2.51. The third kappa shape index (κ3) is 15.9. The third-order valence-corrected chi connectivity index (χ3v) is 4.54. The topological polar surface area (TPSA) is 53.8 Å². The molecule has 1 aromatic carbocycles. The van der Waals surface area contributed by atoms with Crippen molar-refractivity contribution < 1.29 is 27.2 Å². The van der Waals surface area contributed by atoms with Gasteiger partial charge in [-0.1, -0.05) is 62.3 Å². The number of nitrogens with zero attached hydrogens (tertiary/aromatic N) is 1. The van der Waals surface area contributed by atoms with E-state index in [1.165, 1.54) is 30.9 Å². The van der Waals surface area contributed by atoms with Crippen LogP contribution in [0.3, 0.4) is 0 Å². The van der Waals surface area contributed by atoms with Crippen molar-refractivity contribution in [1.82, 2.24) is 4.90 Å². The Morgan fingerprint density at radius 1 is 1.26 bits per heavy atom. The first kappa shape index (κ1) is 24.5. The molecule has 0 unspecified atom stereocenters. The van der Waals surface area contributed by atoms with E-state index in [0.717, 1.165) is 19.9 Å². The van der Waals surface area contributed by atoms with Gasteiger partial charge < -0.3 is 22.8 Å². The van der Waals surface area contributed by atoms with Gasteiger partial charge >= 0.3 is 0 Å². The van der Waals surface area contributed by atoms with E-state index in [1.807, 2.05) is 6.07 Å². The van der Waals surface area contributed by atoms with Crippen molar-refractivity contribution >= 4 is 21.6 Å². The van der Waals surface area contributed by atoms with Crippen LogP contribution in [0.5, 0.6) is 0 Å². The van der Waals surface area contributed by atoms with E-state index in [0.29, 0.717) is 0 Å². The van der Waals surface area contributed by atoms with Gasteiger partial charge in [0.25, 0.3) is 0 Å². The molecule has 0 saturated carbocycles. The van der Waals surface area contributed by atoms with Gasteiger partial charge in [-0.15, -0.1) is 6.54 Å². The fourth-order valence-corrected chi connectivity index (χ4v) is 2.94. The molecule has 3 nitrogen and oxygen atoms in total. The molecule has 0 fully saturated rings. The van der Waals surface area contributed by atoms with Crippen molar-refractivity contribution in [3.05, 3.63) is 55.2 Å². The van der Waals surface area contributed by atoms with Crippen molar-refractivity contribution in [3.63, 3.8) is 0 Å². The van der Waals surface area contributed by atoms with Crippen molar-refractivity contribution in [1.29, 1.82) is 0 Å². The van der Waals surface area contributed by atoms with Crippen molar-refractivity contribution in [2.24, 2.45) is 0 Å². The standard InChI is InChI=1S/C17H27NSi.CHO.H2N.Pt/c1-4-18(14-9-6-10-16-19(2)3)15-13-17-11-7-5-8-12-17;1-2;;/h5,7-8,11-13,15H,1,4,6,9-10,14,16H2,2-3H3;1H;1H2;/q3*-1;/i;1D;;. The van der Waals surface area contributed by atoms with Crippen LogP contribution in [0.25, 0.3) is 12.2 Å². The minimum Gasteiger partial charge on any atom is -0.693 e. The van der Waals surface area contributed by atoms with Crippen molar-refractivity contribution in [3.8, 4) is 0 Å². The van der Waals surface area contributed by atoms with Gasteiger partial charge in [-0.3, -0.25) is 6.77 Å². The Balaban J connectivity index is -0.000000818. The van der Waals surface area contributed by atoms with E-state index in [4.69, 9.17) is 6.17 Å². The molecule has 0 amide bonds.